The number of hydrogen-bond acceptors (Lipinski definition) is 5. The number of alkyl halides is 2. The van der Waals surface area contributed by atoms with Gasteiger partial charge in [0.05, 0.1) is 11.3 Å². The van der Waals surface area contributed by atoms with Crippen LogP contribution in [0.2, 0.25) is 0 Å². The van der Waals surface area contributed by atoms with Gasteiger partial charge < -0.3 is 4.90 Å². The van der Waals surface area contributed by atoms with E-state index in [4.69, 9.17) is 0 Å². The number of carbonyl (C=O) groups excluding carboxylic acids is 1. The number of aromatic nitrogens is 1. The van der Waals surface area contributed by atoms with E-state index in [1.54, 1.807) is 22.7 Å². The lowest BCUT2D eigenvalue weighted by Gasteiger charge is -2.40. The molecule has 1 saturated heterocycles. The molecule has 2 heterocycles. The van der Waals surface area contributed by atoms with Crippen LogP contribution in [-0.4, -0.2) is 65.9 Å². The van der Waals surface area contributed by atoms with Crippen LogP contribution >= 0.6 is 11.3 Å². The molecule has 1 aromatic heterocycles. The Kier molecular flexibility index (Phi) is 4.65. The fourth-order valence-corrected chi connectivity index (χ4v) is 5.62. The van der Waals surface area contributed by atoms with Gasteiger partial charge in [0, 0.05) is 43.9 Å². The standard InChI is InChI=1S/C14H19F2N3O3S2/c1-10-6-18(24(21,22)8-11-4-14(15,16)5-11)2-3-19(10)13(20)12-7-23-9-17-12/h7,9-11H,2-6,8H2,1H3/t10-/m0/s1. The molecule has 6 nitrogen and oxygen atoms in total. The number of carbonyl (C=O) groups is 1. The summed E-state index contributed by atoms with van der Waals surface area (Å²) in [6.45, 7) is 2.42. The fraction of sp³-hybridized carbons (Fsp3) is 0.714. The highest BCUT2D eigenvalue weighted by Gasteiger charge is 2.47. The monoisotopic (exact) mass is 379 g/mol. The second-order valence-electron chi connectivity index (χ2n) is 6.49. The molecule has 1 aliphatic carbocycles. The zero-order chi connectivity index (χ0) is 17.5. The summed E-state index contributed by atoms with van der Waals surface area (Å²) in [6.07, 6.45) is -0.714. The molecule has 24 heavy (non-hydrogen) atoms. The van der Waals surface area contributed by atoms with Crippen LogP contribution < -0.4 is 0 Å². The maximum absolute atomic E-state index is 12.9. The van der Waals surface area contributed by atoms with Gasteiger partial charge in [-0.2, -0.15) is 4.31 Å². The van der Waals surface area contributed by atoms with Crippen molar-refractivity contribution in [2.45, 2.75) is 31.7 Å². The van der Waals surface area contributed by atoms with Gasteiger partial charge in [-0.1, -0.05) is 0 Å². The summed E-state index contributed by atoms with van der Waals surface area (Å²) in [5, 5.41) is 1.66. The van der Waals surface area contributed by atoms with E-state index in [2.05, 4.69) is 4.98 Å². The summed E-state index contributed by atoms with van der Waals surface area (Å²) in [4.78, 5) is 18.0. The van der Waals surface area contributed by atoms with Gasteiger partial charge in [-0.05, 0) is 12.8 Å². The van der Waals surface area contributed by atoms with E-state index in [1.165, 1.54) is 15.6 Å². The Morgan fingerprint density at radius 2 is 2.12 bits per heavy atom. The highest BCUT2D eigenvalue weighted by Crippen LogP contribution is 2.43. The van der Waals surface area contributed by atoms with Gasteiger partial charge in [0.25, 0.3) is 5.91 Å². The smallest absolute Gasteiger partial charge is 0.273 e. The van der Waals surface area contributed by atoms with Crippen molar-refractivity contribution in [3.05, 3.63) is 16.6 Å². The largest absolute Gasteiger partial charge is 0.332 e. The van der Waals surface area contributed by atoms with Crippen molar-refractivity contribution >= 4 is 27.3 Å². The number of hydrogen-bond donors (Lipinski definition) is 0. The molecule has 1 atom stereocenters. The van der Waals surface area contributed by atoms with E-state index in [-0.39, 0.29) is 50.2 Å². The second kappa shape index (κ2) is 6.30. The van der Waals surface area contributed by atoms with Crippen molar-refractivity contribution in [2.75, 3.05) is 25.4 Å². The molecule has 0 radical (unpaired) electrons. The summed E-state index contributed by atoms with van der Waals surface area (Å²) >= 11 is 1.33. The van der Waals surface area contributed by atoms with Crippen molar-refractivity contribution in [1.29, 1.82) is 0 Å². The van der Waals surface area contributed by atoms with Crippen molar-refractivity contribution < 1.29 is 22.0 Å². The van der Waals surface area contributed by atoms with E-state index >= 15 is 0 Å². The first-order valence-electron chi connectivity index (χ1n) is 7.73. The number of piperazine rings is 1. The van der Waals surface area contributed by atoms with Crippen LogP contribution in [0.4, 0.5) is 8.78 Å². The van der Waals surface area contributed by atoms with Crippen molar-refractivity contribution in [1.82, 2.24) is 14.2 Å². The van der Waals surface area contributed by atoms with Gasteiger partial charge in [0.15, 0.2) is 0 Å². The first-order valence-corrected chi connectivity index (χ1v) is 10.3. The van der Waals surface area contributed by atoms with E-state index in [0.29, 0.717) is 5.69 Å². The lowest BCUT2D eigenvalue weighted by molar-refractivity contribution is -0.103. The van der Waals surface area contributed by atoms with E-state index in [9.17, 15) is 22.0 Å². The number of amides is 1. The summed E-state index contributed by atoms with van der Waals surface area (Å²) in [5.41, 5.74) is 1.94. The molecule has 2 aliphatic rings. The second-order valence-corrected chi connectivity index (χ2v) is 9.22. The number of thiazole rings is 1. The van der Waals surface area contributed by atoms with E-state index in [1.807, 2.05) is 0 Å². The molecule has 0 unspecified atom stereocenters. The van der Waals surface area contributed by atoms with E-state index in [0.717, 1.165) is 0 Å². The average Bonchev–Trinajstić information content (AvgIpc) is 2.98. The van der Waals surface area contributed by atoms with Crippen LogP contribution in [0.15, 0.2) is 10.9 Å². The molecule has 1 amide bonds. The molecular formula is C14H19F2N3O3S2. The maximum Gasteiger partial charge on any atom is 0.273 e. The number of rotatable bonds is 4. The normalized spacial score (nSPS) is 25.5. The minimum atomic E-state index is -3.58. The minimum absolute atomic E-state index is 0.182. The third-order valence-corrected chi connectivity index (χ3v) is 7.11. The highest BCUT2D eigenvalue weighted by molar-refractivity contribution is 7.89. The van der Waals surface area contributed by atoms with E-state index < -0.39 is 21.9 Å². The molecule has 10 heteroatoms. The molecule has 2 fully saturated rings. The van der Waals surface area contributed by atoms with Crippen LogP contribution in [0, 0.1) is 5.92 Å². The Morgan fingerprint density at radius 1 is 1.42 bits per heavy atom. The third kappa shape index (κ3) is 3.60. The van der Waals surface area contributed by atoms with Gasteiger partial charge in [0.1, 0.15) is 5.69 Å². The average molecular weight is 379 g/mol. The van der Waals surface area contributed by atoms with Crippen LogP contribution in [0.3, 0.4) is 0 Å². The SMILES string of the molecule is C[C@H]1CN(S(=O)(=O)CC2CC(F)(F)C2)CCN1C(=O)c1cscn1. The lowest BCUT2D eigenvalue weighted by Crippen LogP contribution is -2.56. The molecule has 0 aromatic carbocycles. The predicted molar refractivity (Wildman–Crippen MR) is 85.6 cm³/mol. The van der Waals surface area contributed by atoms with Gasteiger partial charge in [-0.3, -0.25) is 4.79 Å². The van der Waals surface area contributed by atoms with Crippen molar-refractivity contribution in [3.8, 4) is 0 Å². The highest BCUT2D eigenvalue weighted by atomic mass is 32.2. The molecule has 1 saturated carbocycles. The molecule has 3 rings (SSSR count). The van der Waals surface area contributed by atoms with Crippen molar-refractivity contribution in [3.63, 3.8) is 0 Å². The molecule has 1 aliphatic heterocycles. The maximum atomic E-state index is 12.9. The Bertz CT molecular complexity index is 701. The number of nitrogens with zero attached hydrogens (tertiary/aromatic N) is 3. The van der Waals surface area contributed by atoms with Crippen LogP contribution in [0.25, 0.3) is 0 Å². The zero-order valence-corrected chi connectivity index (χ0v) is 14.8. The van der Waals surface area contributed by atoms with Crippen LogP contribution in [0.5, 0.6) is 0 Å². The summed E-state index contributed by atoms with van der Waals surface area (Å²) in [6, 6.07) is -0.287. The molecule has 0 N–H and O–H groups in total. The van der Waals surface area contributed by atoms with Crippen LogP contribution in [-0.2, 0) is 10.0 Å². The molecule has 1 aromatic rings. The number of sulfonamides is 1. The first-order chi connectivity index (χ1) is 11.2. The molecule has 0 spiro atoms. The summed E-state index contributed by atoms with van der Waals surface area (Å²) < 4.78 is 51.9. The van der Waals surface area contributed by atoms with Gasteiger partial charge in [0.2, 0.25) is 15.9 Å². The zero-order valence-electron chi connectivity index (χ0n) is 13.2. The third-order valence-electron chi connectivity index (χ3n) is 4.52. The Hall–Kier alpha value is -1.13. The Balaban J connectivity index is 1.59. The lowest BCUT2D eigenvalue weighted by atomic mass is 9.83. The van der Waals surface area contributed by atoms with Crippen LogP contribution in [0.1, 0.15) is 30.3 Å². The van der Waals surface area contributed by atoms with Gasteiger partial charge in [-0.25, -0.2) is 22.2 Å². The summed E-state index contributed by atoms with van der Waals surface area (Å²) in [7, 11) is -3.58. The summed E-state index contributed by atoms with van der Waals surface area (Å²) in [5.74, 6) is -3.64. The Labute approximate surface area is 143 Å². The number of halogens is 2. The Morgan fingerprint density at radius 3 is 2.67 bits per heavy atom. The molecular weight excluding hydrogens is 360 g/mol. The minimum Gasteiger partial charge on any atom is -0.332 e. The predicted octanol–water partition coefficient (Wildman–Crippen LogP) is 1.66. The molecule has 134 valence electrons. The first kappa shape index (κ1) is 17.7. The van der Waals surface area contributed by atoms with Gasteiger partial charge in [-0.15, -0.1) is 11.3 Å². The quantitative estimate of drug-likeness (QED) is 0.798. The van der Waals surface area contributed by atoms with Crippen molar-refractivity contribution in [2.24, 2.45) is 5.92 Å². The topological polar surface area (TPSA) is 70.6 Å². The fourth-order valence-electron chi connectivity index (χ4n) is 3.25. The molecule has 0 bridgehead atoms. The van der Waals surface area contributed by atoms with Gasteiger partial charge >= 0.3 is 0 Å².